The molecule has 2 aromatic carbocycles. The van der Waals surface area contributed by atoms with E-state index >= 15 is 0 Å². The topological polar surface area (TPSA) is 58.2 Å². The maximum Gasteiger partial charge on any atom is 0.224 e. The third-order valence-electron chi connectivity index (χ3n) is 4.33. The van der Waals surface area contributed by atoms with Gasteiger partial charge in [0.2, 0.25) is 11.8 Å². The van der Waals surface area contributed by atoms with Gasteiger partial charge in [-0.3, -0.25) is 9.59 Å². The summed E-state index contributed by atoms with van der Waals surface area (Å²) >= 11 is 0. The Balaban J connectivity index is 1.73. The summed E-state index contributed by atoms with van der Waals surface area (Å²) in [6.45, 7) is 6.46. The Kier molecular flexibility index (Phi) is 7.53. The van der Waals surface area contributed by atoms with Crippen molar-refractivity contribution in [3.05, 3.63) is 65.5 Å². The van der Waals surface area contributed by atoms with Gasteiger partial charge in [-0.1, -0.05) is 45.0 Å². The Labute approximate surface area is 160 Å². The molecule has 4 nitrogen and oxygen atoms in total. The van der Waals surface area contributed by atoms with E-state index in [0.29, 0.717) is 12.5 Å². The van der Waals surface area contributed by atoms with Crippen LogP contribution in [0, 0.1) is 11.7 Å². The van der Waals surface area contributed by atoms with Crippen LogP contribution >= 0.6 is 0 Å². The molecule has 2 rings (SSSR count). The minimum Gasteiger partial charge on any atom is -0.352 e. The van der Waals surface area contributed by atoms with E-state index in [-0.39, 0.29) is 36.4 Å². The molecular weight excluding hydrogens is 343 g/mol. The largest absolute Gasteiger partial charge is 0.352 e. The molecule has 0 fully saturated rings. The molecule has 0 spiro atoms. The number of carbonyl (C=O) groups is 2. The highest BCUT2D eigenvalue weighted by Gasteiger charge is 2.14. The van der Waals surface area contributed by atoms with E-state index in [0.717, 1.165) is 11.3 Å². The second-order valence-electron chi connectivity index (χ2n) is 7.24. The van der Waals surface area contributed by atoms with Crippen LogP contribution in [0.2, 0.25) is 0 Å². The van der Waals surface area contributed by atoms with E-state index in [1.54, 1.807) is 12.1 Å². The summed E-state index contributed by atoms with van der Waals surface area (Å²) in [6.07, 6.45) is 0.538. The lowest BCUT2D eigenvalue weighted by Crippen LogP contribution is -2.26. The molecule has 0 aliphatic rings. The number of benzene rings is 2. The van der Waals surface area contributed by atoms with Gasteiger partial charge in [0.1, 0.15) is 5.82 Å². The van der Waals surface area contributed by atoms with E-state index in [4.69, 9.17) is 0 Å². The molecule has 0 saturated carbocycles. The first-order valence-electron chi connectivity index (χ1n) is 9.24. The van der Waals surface area contributed by atoms with Gasteiger partial charge < -0.3 is 10.6 Å². The number of anilines is 1. The molecule has 0 radical (unpaired) electrons. The molecule has 0 saturated heterocycles. The molecule has 1 unspecified atom stereocenters. The minimum atomic E-state index is -0.302. The summed E-state index contributed by atoms with van der Waals surface area (Å²) in [7, 11) is 0. The highest BCUT2D eigenvalue weighted by atomic mass is 19.1. The Morgan fingerprint density at radius 1 is 0.889 bits per heavy atom. The van der Waals surface area contributed by atoms with Crippen molar-refractivity contribution in [1.82, 2.24) is 5.32 Å². The number of hydrogen-bond donors (Lipinski definition) is 2. The summed E-state index contributed by atoms with van der Waals surface area (Å²) < 4.78 is 12.9. The zero-order valence-electron chi connectivity index (χ0n) is 16.1. The van der Waals surface area contributed by atoms with Crippen molar-refractivity contribution in [1.29, 1.82) is 0 Å². The fourth-order valence-corrected chi connectivity index (χ4v) is 2.74. The first-order valence-corrected chi connectivity index (χ1v) is 9.24. The molecule has 1 atom stereocenters. The molecule has 2 aromatic rings. The Hall–Kier alpha value is -2.69. The lowest BCUT2D eigenvalue weighted by atomic mass is 10.0. The lowest BCUT2D eigenvalue weighted by molar-refractivity contribution is -0.122. The van der Waals surface area contributed by atoms with Crippen LogP contribution in [0.3, 0.4) is 0 Å². The van der Waals surface area contributed by atoms with Crippen LogP contribution < -0.4 is 10.6 Å². The fraction of sp³-hybridized carbons (Fsp3) is 0.364. The van der Waals surface area contributed by atoms with Crippen molar-refractivity contribution in [2.24, 2.45) is 5.92 Å². The maximum absolute atomic E-state index is 12.9. The first kappa shape index (κ1) is 20.6. The number of halogens is 1. The van der Waals surface area contributed by atoms with E-state index in [1.807, 2.05) is 31.2 Å². The van der Waals surface area contributed by atoms with Crippen LogP contribution in [0.4, 0.5) is 10.1 Å². The van der Waals surface area contributed by atoms with Gasteiger partial charge in [-0.05, 0) is 47.2 Å². The van der Waals surface area contributed by atoms with Gasteiger partial charge in [-0.25, -0.2) is 4.39 Å². The normalized spacial score (nSPS) is 11.9. The number of rotatable bonds is 8. The Morgan fingerprint density at radius 2 is 1.48 bits per heavy atom. The average molecular weight is 370 g/mol. The van der Waals surface area contributed by atoms with Crippen molar-refractivity contribution in [2.45, 2.75) is 46.1 Å². The molecular formula is C22H27FN2O2. The molecule has 0 heterocycles. The summed E-state index contributed by atoms with van der Waals surface area (Å²) in [6, 6.07) is 13.8. The number of amides is 2. The van der Waals surface area contributed by atoms with Crippen LogP contribution in [-0.2, 0) is 16.1 Å². The molecule has 5 heteroatoms. The van der Waals surface area contributed by atoms with Crippen molar-refractivity contribution >= 4 is 17.5 Å². The highest BCUT2D eigenvalue weighted by molar-refractivity contribution is 5.91. The molecule has 2 N–H and O–H groups in total. The van der Waals surface area contributed by atoms with Gasteiger partial charge >= 0.3 is 0 Å². The van der Waals surface area contributed by atoms with Gasteiger partial charge in [0.25, 0.3) is 0 Å². The van der Waals surface area contributed by atoms with Crippen LogP contribution in [0.15, 0.2) is 48.5 Å². The second-order valence-corrected chi connectivity index (χ2v) is 7.24. The molecule has 2 amide bonds. The highest BCUT2D eigenvalue weighted by Crippen LogP contribution is 2.18. The Bertz CT molecular complexity index is 755. The van der Waals surface area contributed by atoms with Crippen molar-refractivity contribution in [3.8, 4) is 0 Å². The van der Waals surface area contributed by atoms with E-state index in [2.05, 4.69) is 24.5 Å². The zero-order chi connectivity index (χ0) is 19.8. The second kappa shape index (κ2) is 9.86. The zero-order valence-corrected chi connectivity index (χ0v) is 16.1. The summed E-state index contributed by atoms with van der Waals surface area (Å²) in [5, 5.41) is 5.67. The fourth-order valence-electron chi connectivity index (χ4n) is 2.74. The van der Waals surface area contributed by atoms with Gasteiger partial charge in [-0.2, -0.15) is 0 Å². The molecule has 0 bridgehead atoms. The van der Waals surface area contributed by atoms with Gasteiger partial charge in [0, 0.05) is 25.1 Å². The molecule has 27 heavy (non-hydrogen) atoms. The lowest BCUT2D eigenvalue weighted by Gasteiger charge is -2.13. The number of nitrogens with one attached hydrogen (secondary N) is 2. The SMILES string of the molecule is CC(CC(=O)NCc1ccc(F)cc1)CC(=O)Nc1ccc(C(C)C)cc1. The smallest absolute Gasteiger partial charge is 0.224 e. The van der Waals surface area contributed by atoms with Gasteiger partial charge in [0.05, 0.1) is 0 Å². The monoisotopic (exact) mass is 370 g/mol. The summed E-state index contributed by atoms with van der Waals surface area (Å²) in [4.78, 5) is 24.2. The molecule has 0 aliphatic heterocycles. The van der Waals surface area contributed by atoms with E-state index in [1.165, 1.54) is 17.7 Å². The predicted molar refractivity (Wildman–Crippen MR) is 106 cm³/mol. The third kappa shape index (κ3) is 7.21. The molecule has 0 aromatic heterocycles. The minimum absolute atomic E-state index is 0.0758. The average Bonchev–Trinajstić information content (AvgIpc) is 2.61. The van der Waals surface area contributed by atoms with E-state index < -0.39 is 0 Å². The standard InChI is InChI=1S/C22H27FN2O2/c1-15(2)18-6-10-20(11-7-18)25-22(27)13-16(3)12-21(26)24-14-17-4-8-19(23)9-5-17/h4-11,15-16H,12-14H2,1-3H3,(H,24,26)(H,25,27). The quantitative estimate of drug-likeness (QED) is 0.712. The van der Waals surface area contributed by atoms with Crippen molar-refractivity contribution in [3.63, 3.8) is 0 Å². The number of carbonyl (C=O) groups excluding carboxylic acids is 2. The van der Waals surface area contributed by atoms with Crippen LogP contribution in [-0.4, -0.2) is 11.8 Å². The first-order chi connectivity index (χ1) is 12.8. The summed E-state index contributed by atoms with van der Waals surface area (Å²) in [5.41, 5.74) is 2.82. The van der Waals surface area contributed by atoms with Crippen LogP contribution in [0.25, 0.3) is 0 Å². The Morgan fingerprint density at radius 3 is 2.07 bits per heavy atom. The molecule has 0 aliphatic carbocycles. The number of hydrogen-bond acceptors (Lipinski definition) is 2. The van der Waals surface area contributed by atoms with Crippen molar-refractivity contribution < 1.29 is 14.0 Å². The van der Waals surface area contributed by atoms with E-state index in [9.17, 15) is 14.0 Å². The van der Waals surface area contributed by atoms with Crippen LogP contribution in [0.1, 0.15) is 50.7 Å². The van der Waals surface area contributed by atoms with Crippen molar-refractivity contribution in [2.75, 3.05) is 5.32 Å². The molecule has 144 valence electrons. The van der Waals surface area contributed by atoms with Crippen LogP contribution in [0.5, 0.6) is 0 Å². The maximum atomic E-state index is 12.9. The third-order valence-corrected chi connectivity index (χ3v) is 4.33. The van der Waals surface area contributed by atoms with Gasteiger partial charge in [0.15, 0.2) is 0 Å². The van der Waals surface area contributed by atoms with Gasteiger partial charge in [-0.15, -0.1) is 0 Å². The predicted octanol–water partition coefficient (Wildman–Crippen LogP) is 4.62. The summed E-state index contributed by atoms with van der Waals surface area (Å²) in [5.74, 6) is -0.160.